The molecule has 158 valence electrons. The highest BCUT2D eigenvalue weighted by Gasteiger charge is 2.29. The maximum Gasteiger partial charge on any atom is 0.265 e. The Balaban J connectivity index is 1.10. The van der Waals surface area contributed by atoms with Crippen molar-refractivity contribution in [1.29, 1.82) is 0 Å². The number of aryl methyl sites for hydroxylation is 2. The van der Waals surface area contributed by atoms with Crippen LogP contribution < -0.4 is 15.0 Å². The predicted molar refractivity (Wildman–Crippen MR) is 116 cm³/mol. The molecule has 1 N–H and O–H groups in total. The SMILES string of the molecule is O=C1Nc2cc3c(cc2OC1CCCN1CCN(c2ccc(F)cc2)CC1)CCC3. The van der Waals surface area contributed by atoms with E-state index in [1.807, 2.05) is 12.1 Å². The van der Waals surface area contributed by atoms with Crippen molar-refractivity contribution in [1.82, 2.24) is 4.90 Å². The number of carbonyl (C=O) groups excluding carboxylic acids is 1. The van der Waals surface area contributed by atoms with Gasteiger partial charge in [0, 0.05) is 31.9 Å². The normalized spacial score (nSPS) is 21.0. The molecule has 1 saturated heterocycles. The summed E-state index contributed by atoms with van der Waals surface area (Å²) >= 11 is 0. The summed E-state index contributed by atoms with van der Waals surface area (Å²) in [6.45, 7) is 4.78. The van der Waals surface area contributed by atoms with Crippen LogP contribution in [0.15, 0.2) is 36.4 Å². The Morgan fingerprint density at radius 2 is 1.77 bits per heavy atom. The van der Waals surface area contributed by atoms with Gasteiger partial charge in [-0.1, -0.05) is 0 Å². The molecule has 1 atom stereocenters. The molecule has 2 heterocycles. The van der Waals surface area contributed by atoms with E-state index in [0.29, 0.717) is 0 Å². The number of halogens is 1. The lowest BCUT2D eigenvalue weighted by Gasteiger charge is -2.36. The third-order valence-electron chi connectivity index (χ3n) is 6.52. The number of piperazine rings is 1. The van der Waals surface area contributed by atoms with Crippen molar-refractivity contribution in [3.8, 4) is 5.75 Å². The van der Waals surface area contributed by atoms with Crippen molar-refractivity contribution in [3.05, 3.63) is 53.3 Å². The second-order valence-electron chi connectivity index (χ2n) is 8.51. The average Bonchev–Trinajstić information content (AvgIpc) is 3.21. The summed E-state index contributed by atoms with van der Waals surface area (Å²) in [6, 6.07) is 10.9. The van der Waals surface area contributed by atoms with E-state index >= 15 is 0 Å². The fraction of sp³-hybridized carbons (Fsp3) is 0.458. The number of carbonyl (C=O) groups is 1. The van der Waals surface area contributed by atoms with Gasteiger partial charge >= 0.3 is 0 Å². The van der Waals surface area contributed by atoms with Crippen LogP contribution in [0.25, 0.3) is 0 Å². The number of nitrogens with zero attached hydrogens (tertiary/aromatic N) is 2. The van der Waals surface area contributed by atoms with Gasteiger partial charge in [-0.15, -0.1) is 0 Å². The molecule has 2 aromatic carbocycles. The molecule has 0 saturated carbocycles. The van der Waals surface area contributed by atoms with Crippen molar-refractivity contribution >= 4 is 17.3 Å². The predicted octanol–water partition coefficient (Wildman–Crippen LogP) is 3.62. The van der Waals surface area contributed by atoms with Gasteiger partial charge in [0.05, 0.1) is 5.69 Å². The van der Waals surface area contributed by atoms with Gasteiger partial charge in [-0.05, 0) is 86.2 Å². The van der Waals surface area contributed by atoms with E-state index in [-0.39, 0.29) is 11.7 Å². The van der Waals surface area contributed by atoms with Crippen LogP contribution in [-0.4, -0.2) is 49.6 Å². The summed E-state index contributed by atoms with van der Waals surface area (Å²) in [5, 5.41) is 3.05. The first kappa shape index (κ1) is 19.4. The van der Waals surface area contributed by atoms with Crippen LogP contribution in [0.5, 0.6) is 5.75 Å². The van der Waals surface area contributed by atoms with Crippen LogP contribution in [0, 0.1) is 5.82 Å². The van der Waals surface area contributed by atoms with Gasteiger partial charge in [0.2, 0.25) is 0 Å². The Kier molecular flexibility index (Phi) is 5.34. The second kappa shape index (κ2) is 8.26. The summed E-state index contributed by atoms with van der Waals surface area (Å²) in [5.41, 5.74) is 4.61. The van der Waals surface area contributed by atoms with Gasteiger partial charge < -0.3 is 15.0 Å². The summed E-state index contributed by atoms with van der Waals surface area (Å²) in [6.07, 6.45) is 4.63. The highest BCUT2D eigenvalue weighted by molar-refractivity contribution is 5.98. The number of anilines is 2. The number of rotatable bonds is 5. The second-order valence-corrected chi connectivity index (χ2v) is 8.51. The van der Waals surface area contributed by atoms with E-state index in [1.54, 1.807) is 0 Å². The van der Waals surface area contributed by atoms with Crippen LogP contribution in [0.1, 0.15) is 30.4 Å². The van der Waals surface area contributed by atoms with Crippen LogP contribution in [0.3, 0.4) is 0 Å². The molecule has 0 bridgehead atoms. The summed E-state index contributed by atoms with van der Waals surface area (Å²) < 4.78 is 19.2. The number of benzene rings is 2. The van der Waals surface area contributed by atoms with E-state index in [0.717, 1.165) is 75.5 Å². The first-order chi connectivity index (χ1) is 14.7. The largest absolute Gasteiger partial charge is 0.478 e. The average molecular weight is 410 g/mol. The Labute approximate surface area is 176 Å². The molecule has 1 aliphatic carbocycles. The Morgan fingerprint density at radius 3 is 2.53 bits per heavy atom. The molecule has 1 amide bonds. The Bertz CT molecular complexity index is 923. The summed E-state index contributed by atoms with van der Waals surface area (Å²) in [4.78, 5) is 17.2. The van der Waals surface area contributed by atoms with Gasteiger partial charge in [-0.2, -0.15) is 0 Å². The van der Waals surface area contributed by atoms with Crippen molar-refractivity contribution in [3.63, 3.8) is 0 Å². The highest BCUT2D eigenvalue weighted by Crippen LogP contribution is 2.36. The van der Waals surface area contributed by atoms with Crippen LogP contribution in [0.4, 0.5) is 15.8 Å². The van der Waals surface area contributed by atoms with Crippen molar-refractivity contribution in [2.45, 2.75) is 38.2 Å². The Morgan fingerprint density at radius 1 is 1.03 bits per heavy atom. The molecule has 0 radical (unpaired) electrons. The lowest BCUT2D eigenvalue weighted by Crippen LogP contribution is -2.47. The molecular formula is C24H28FN3O2. The zero-order chi connectivity index (χ0) is 20.5. The molecule has 6 heteroatoms. The number of hydrogen-bond acceptors (Lipinski definition) is 4. The molecular weight excluding hydrogens is 381 g/mol. The quantitative estimate of drug-likeness (QED) is 0.819. The van der Waals surface area contributed by atoms with E-state index in [2.05, 4.69) is 27.2 Å². The smallest absolute Gasteiger partial charge is 0.265 e. The van der Waals surface area contributed by atoms with Crippen molar-refractivity contribution in [2.24, 2.45) is 0 Å². The molecule has 5 rings (SSSR count). The van der Waals surface area contributed by atoms with Gasteiger partial charge in [-0.25, -0.2) is 4.39 Å². The monoisotopic (exact) mass is 409 g/mol. The molecule has 2 aliphatic heterocycles. The van der Waals surface area contributed by atoms with Crippen molar-refractivity contribution in [2.75, 3.05) is 42.9 Å². The van der Waals surface area contributed by atoms with Crippen LogP contribution in [-0.2, 0) is 17.6 Å². The third kappa shape index (κ3) is 4.01. The maximum absolute atomic E-state index is 13.1. The zero-order valence-electron chi connectivity index (χ0n) is 17.2. The van der Waals surface area contributed by atoms with Gasteiger partial charge in [-0.3, -0.25) is 9.69 Å². The van der Waals surface area contributed by atoms with Gasteiger partial charge in [0.25, 0.3) is 5.91 Å². The first-order valence-electron chi connectivity index (χ1n) is 11.0. The van der Waals surface area contributed by atoms with E-state index in [1.165, 1.54) is 29.7 Å². The Hall–Kier alpha value is -2.60. The molecule has 5 nitrogen and oxygen atoms in total. The molecule has 0 aromatic heterocycles. The molecule has 2 aromatic rings. The third-order valence-corrected chi connectivity index (χ3v) is 6.52. The van der Waals surface area contributed by atoms with E-state index < -0.39 is 6.10 Å². The standard InChI is InChI=1S/C24H28FN3O2/c25-19-6-8-20(9-7-19)28-13-11-27(12-14-28)10-2-5-22-24(29)26-21-15-17-3-1-4-18(17)16-23(21)30-22/h6-9,15-16,22H,1-5,10-14H2,(H,26,29). The molecule has 0 spiro atoms. The van der Waals surface area contributed by atoms with Crippen molar-refractivity contribution < 1.29 is 13.9 Å². The fourth-order valence-electron chi connectivity index (χ4n) is 4.79. The number of ether oxygens (including phenoxy) is 1. The lowest BCUT2D eigenvalue weighted by atomic mass is 10.1. The fourth-order valence-corrected chi connectivity index (χ4v) is 4.79. The zero-order valence-corrected chi connectivity index (χ0v) is 17.2. The summed E-state index contributed by atoms with van der Waals surface area (Å²) in [5.74, 6) is 0.605. The maximum atomic E-state index is 13.1. The van der Waals surface area contributed by atoms with E-state index in [9.17, 15) is 9.18 Å². The molecule has 30 heavy (non-hydrogen) atoms. The van der Waals surface area contributed by atoms with Crippen LogP contribution in [0.2, 0.25) is 0 Å². The molecule has 1 unspecified atom stereocenters. The topological polar surface area (TPSA) is 44.8 Å². The molecule has 1 fully saturated rings. The van der Waals surface area contributed by atoms with E-state index in [4.69, 9.17) is 4.74 Å². The highest BCUT2D eigenvalue weighted by atomic mass is 19.1. The minimum absolute atomic E-state index is 0.0263. The lowest BCUT2D eigenvalue weighted by molar-refractivity contribution is -0.123. The van der Waals surface area contributed by atoms with Crippen LogP contribution >= 0.6 is 0 Å². The first-order valence-corrected chi connectivity index (χ1v) is 11.0. The molecule has 3 aliphatic rings. The summed E-state index contributed by atoms with van der Waals surface area (Å²) in [7, 11) is 0. The minimum atomic E-state index is -0.405. The number of fused-ring (bicyclic) bond motifs is 2. The number of hydrogen-bond donors (Lipinski definition) is 1. The minimum Gasteiger partial charge on any atom is -0.478 e. The van der Waals surface area contributed by atoms with Gasteiger partial charge in [0.1, 0.15) is 11.6 Å². The number of nitrogens with one attached hydrogen (secondary N) is 1. The number of amides is 1. The van der Waals surface area contributed by atoms with Gasteiger partial charge in [0.15, 0.2) is 6.10 Å².